The molecule has 0 bridgehead atoms. The molecule has 0 spiro atoms. The van der Waals surface area contributed by atoms with Crippen LogP contribution < -0.4 is 10.1 Å². The van der Waals surface area contributed by atoms with Crippen LogP contribution in [0.4, 0.5) is 0 Å². The summed E-state index contributed by atoms with van der Waals surface area (Å²) in [6.07, 6.45) is 5.57. The van der Waals surface area contributed by atoms with Gasteiger partial charge in [0.1, 0.15) is 18.9 Å². The molecular formula is C19H24NO+. The van der Waals surface area contributed by atoms with Crippen LogP contribution in [0.1, 0.15) is 25.7 Å². The molecule has 0 saturated heterocycles. The molecule has 2 aromatic rings. The molecule has 2 N–H and O–H groups in total. The van der Waals surface area contributed by atoms with Gasteiger partial charge in [-0.2, -0.15) is 0 Å². The molecule has 110 valence electrons. The molecule has 2 aromatic carbocycles. The minimum Gasteiger partial charge on any atom is -0.488 e. The summed E-state index contributed by atoms with van der Waals surface area (Å²) in [5.74, 6) is 0.967. The molecule has 0 heterocycles. The summed E-state index contributed by atoms with van der Waals surface area (Å²) in [6, 6.07) is 19.7. The van der Waals surface area contributed by atoms with Crippen molar-refractivity contribution in [3.63, 3.8) is 0 Å². The van der Waals surface area contributed by atoms with Gasteiger partial charge in [-0.25, -0.2) is 0 Å². The Bertz CT molecular complexity index is 529. The van der Waals surface area contributed by atoms with Gasteiger partial charge < -0.3 is 10.1 Å². The summed E-state index contributed by atoms with van der Waals surface area (Å²) < 4.78 is 5.83. The van der Waals surface area contributed by atoms with Crippen LogP contribution in [0, 0.1) is 0 Å². The molecule has 0 amide bonds. The molecule has 0 unspecified atom stereocenters. The Morgan fingerprint density at radius 1 is 0.857 bits per heavy atom. The van der Waals surface area contributed by atoms with Crippen molar-refractivity contribution >= 4 is 0 Å². The van der Waals surface area contributed by atoms with E-state index in [-0.39, 0.29) is 0 Å². The lowest BCUT2D eigenvalue weighted by Crippen LogP contribution is -2.90. The zero-order chi connectivity index (χ0) is 14.3. The van der Waals surface area contributed by atoms with Crippen LogP contribution in [0.5, 0.6) is 5.75 Å². The number of hydrogen-bond acceptors (Lipinski definition) is 1. The highest BCUT2D eigenvalue weighted by atomic mass is 16.5. The van der Waals surface area contributed by atoms with Gasteiger partial charge in [-0.3, -0.25) is 0 Å². The largest absolute Gasteiger partial charge is 0.488 e. The molecule has 2 heteroatoms. The SMILES string of the molecule is c1ccc(-c2ccc(OCC[NH2+]C3CCCC3)cc2)cc1. The van der Waals surface area contributed by atoms with Gasteiger partial charge >= 0.3 is 0 Å². The van der Waals surface area contributed by atoms with Gasteiger partial charge in [0.15, 0.2) is 0 Å². The monoisotopic (exact) mass is 282 g/mol. The fourth-order valence-electron chi connectivity index (χ4n) is 3.05. The van der Waals surface area contributed by atoms with Crippen molar-refractivity contribution in [2.45, 2.75) is 31.7 Å². The quantitative estimate of drug-likeness (QED) is 0.809. The van der Waals surface area contributed by atoms with E-state index in [9.17, 15) is 0 Å². The van der Waals surface area contributed by atoms with Crippen molar-refractivity contribution in [2.24, 2.45) is 0 Å². The summed E-state index contributed by atoms with van der Waals surface area (Å²) in [5, 5.41) is 2.45. The lowest BCUT2D eigenvalue weighted by Gasteiger charge is -2.10. The third-order valence-electron chi connectivity index (χ3n) is 4.25. The predicted octanol–water partition coefficient (Wildman–Crippen LogP) is 3.24. The van der Waals surface area contributed by atoms with E-state index in [1.807, 2.05) is 6.07 Å². The molecule has 1 aliphatic carbocycles. The van der Waals surface area contributed by atoms with E-state index in [1.54, 1.807) is 0 Å². The van der Waals surface area contributed by atoms with E-state index < -0.39 is 0 Å². The van der Waals surface area contributed by atoms with Crippen LogP contribution in [0.2, 0.25) is 0 Å². The van der Waals surface area contributed by atoms with Crippen LogP contribution in [0.15, 0.2) is 54.6 Å². The highest BCUT2D eigenvalue weighted by Gasteiger charge is 2.16. The minimum atomic E-state index is 0.793. The standard InChI is InChI=1S/C19H23NO/c1-2-6-16(7-3-1)17-10-12-19(13-11-17)21-15-14-20-18-8-4-5-9-18/h1-3,6-7,10-13,18,20H,4-5,8-9,14-15H2/p+1. The van der Waals surface area contributed by atoms with E-state index >= 15 is 0 Å². The van der Waals surface area contributed by atoms with E-state index in [2.05, 4.69) is 53.8 Å². The van der Waals surface area contributed by atoms with Gasteiger partial charge in [0.2, 0.25) is 0 Å². The Morgan fingerprint density at radius 3 is 2.24 bits per heavy atom. The first-order chi connectivity index (χ1) is 10.4. The van der Waals surface area contributed by atoms with Gasteiger partial charge in [-0.05, 0) is 48.9 Å². The number of quaternary nitrogens is 1. The van der Waals surface area contributed by atoms with Crippen molar-refractivity contribution in [1.82, 2.24) is 0 Å². The number of ether oxygens (including phenoxy) is 1. The average molecular weight is 282 g/mol. The molecule has 0 aromatic heterocycles. The molecule has 2 nitrogen and oxygen atoms in total. The van der Waals surface area contributed by atoms with Crippen LogP contribution >= 0.6 is 0 Å². The Morgan fingerprint density at radius 2 is 1.52 bits per heavy atom. The van der Waals surface area contributed by atoms with Crippen LogP contribution in [-0.4, -0.2) is 19.2 Å². The number of nitrogens with two attached hydrogens (primary N) is 1. The molecule has 0 aliphatic heterocycles. The first-order valence-electron chi connectivity index (χ1n) is 8.03. The van der Waals surface area contributed by atoms with Crippen molar-refractivity contribution in [2.75, 3.05) is 13.2 Å². The fraction of sp³-hybridized carbons (Fsp3) is 0.368. The summed E-state index contributed by atoms with van der Waals surface area (Å²) in [6.45, 7) is 1.85. The normalized spacial score (nSPS) is 15.2. The number of rotatable bonds is 6. The Hall–Kier alpha value is -1.80. The highest BCUT2D eigenvalue weighted by Crippen LogP contribution is 2.21. The maximum absolute atomic E-state index is 5.83. The fourth-order valence-corrected chi connectivity index (χ4v) is 3.05. The predicted molar refractivity (Wildman–Crippen MR) is 86.4 cm³/mol. The van der Waals surface area contributed by atoms with Gasteiger partial charge in [0, 0.05) is 0 Å². The lowest BCUT2D eigenvalue weighted by atomic mass is 10.1. The number of hydrogen-bond donors (Lipinski definition) is 1. The first-order valence-corrected chi connectivity index (χ1v) is 8.03. The van der Waals surface area contributed by atoms with Crippen LogP contribution in [0.25, 0.3) is 11.1 Å². The van der Waals surface area contributed by atoms with Crippen molar-refractivity contribution in [1.29, 1.82) is 0 Å². The summed E-state index contributed by atoms with van der Waals surface area (Å²) in [4.78, 5) is 0. The summed E-state index contributed by atoms with van der Waals surface area (Å²) in [7, 11) is 0. The topological polar surface area (TPSA) is 25.8 Å². The average Bonchev–Trinajstić information content (AvgIpc) is 3.06. The van der Waals surface area contributed by atoms with Gasteiger partial charge in [-0.15, -0.1) is 0 Å². The third-order valence-corrected chi connectivity index (χ3v) is 4.25. The Kier molecular flexibility index (Phi) is 4.90. The van der Waals surface area contributed by atoms with Gasteiger partial charge in [-0.1, -0.05) is 42.5 Å². The van der Waals surface area contributed by atoms with Crippen molar-refractivity contribution in [3.8, 4) is 16.9 Å². The molecule has 1 aliphatic rings. The maximum Gasteiger partial charge on any atom is 0.137 e. The molecule has 21 heavy (non-hydrogen) atoms. The van der Waals surface area contributed by atoms with Gasteiger partial charge in [0.25, 0.3) is 0 Å². The molecular weight excluding hydrogens is 258 g/mol. The second-order valence-electron chi connectivity index (χ2n) is 5.81. The van der Waals surface area contributed by atoms with E-state index in [4.69, 9.17) is 4.74 Å². The Labute approximate surface area is 127 Å². The zero-order valence-electron chi connectivity index (χ0n) is 12.5. The lowest BCUT2D eigenvalue weighted by molar-refractivity contribution is -0.688. The summed E-state index contributed by atoms with van der Waals surface area (Å²) >= 11 is 0. The van der Waals surface area contributed by atoms with Crippen LogP contribution in [-0.2, 0) is 0 Å². The molecule has 3 rings (SSSR count). The van der Waals surface area contributed by atoms with E-state index in [0.717, 1.165) is 24.9 Å². The van der Waals surface area contributed by atoms with E-state index in [1.165, 1.54) is 36.8 Å². The third kappa shape index (κ3) is 4.08. The first kappa shape index (κ1) is 14.2. The van der Waals surface area contributed by atoms with Crippen molar-refractivity contribution < 1.29 is 10.1 Å². The van der Waals surface area contributed by atoms with Gasteiger partial charge in [0.05, 0.1) is 6.04 Å². The second-order valence-corrected chi connectivity index (χ2v) is 5.81. The second kappa shape index (κ2) is 7.28. The zero-order valence-corrected chi connectivity index (χ0v) is 12.5. The number of benzene rings is 2. The Balaban J connectivity index is 1.46. The summed E-state index contributed by atoms with van der Waals surface area (Å²) in [5.41, 5.74) is 2.49. The maximum atomic E-state index is 5.83. The highest BCUT2D eigenvalue weighted by molar-refractivity contribution is 5.63. The van der Waals surface area contributed by atoms with Crippen molar-refractivity contribution in [3.05, 3.63) is 54.6 Å². The van der Waals surface area contributed by atoms with Crippen LogP contribution in [0.3, 0.4) is 0 Å². The molecule has 1 saturated carbocycles. The smallest absolute Gasteiger partial charge is 0.137 e. The molecule has 0 atom stereocenters. The van der Waals surface area contributed by atoms with E-state index in [0.29, 0.717) is 0 Å². The molecule has 1 fully saturated rings. The molecule has 0 radical (unpaired) electrons. The minimum absolute atomic E-state index is 0.793.